The van der Waals surface area contributed by atoms with Crippen molar-refractivity contribution < 1.29 is 28.9 Å². The van der Waals surface area contributed by atoms with Gasteiger partial charge in [-0.25, -0.2) is 4.79 Å². The number of phenols is 1. The minimum Gasteiger partial charge on any atom is -0.507 e. The molecule has 0 saturated heterocycles. The van der Waals surface area contributed by atoms with E-state index >= 15 is 0 Å². The van der Waals surface area contributed by atoms with Crippen molar-refractivity contribution in [1.82, 2.24) is 0 Å². The Morgan fingerprint density at radius 3 is 2.59 bits per heavy atom. The summed E-state index contributed by atoms with van der Waals surface area (Å²) in [4.78, 5) is 24.2. The first-order valence-corrected chi connectivity index (χ1v) is 9.79. The van der Waals surface area contributed by atoms with Crippen LogP contribution >= 0.6 is 11.6 Å². The Morgan fingerprint density at radius 2 is 1.83 bits per heavy atom. The van der Waals surface area contributed by atoms with Crippen LogP contribution in [0.15, 0.2) is 36.4 Å². The minimum atomic E-state index is -0.820. The lowest BCUT2D eigenvalue weighted by Crippen LogP contribution is -2.40. The Hall–Kier alpha value is -2.93. The normalized spacial score (nSPS) is 16.4. The van der Waals surface area contributed by atoms with Crippen LogP contribution in [-0.2, 0) is 9.53 Å². The van der Waals surface area contributed by atoms with Gasteiger partial charge in [-0.2, -0.15) is 0 Å². The lowest BCUT2D eigenvalue weighted by molar-refractivity contribution is -0.119. The Morgan fingerprint density at radius 1 is 1.07 bits per heavy atom. The fourth-order valence-electron chi connectivity index (χ4n) is 3.55. The second kappa shape index (κ2) is 7.83. The molecule has 152 valence electrons. The summed E-state index contributed by atoms with van der Waals surface area (Å²) in [7, 11) is 0. The highest BCUT2D eigenvalue weighted by atomic mass is 35.5. The van der Waals surface area contributed by atoms with Gasteiger partial charge in [-0.1, -0.05) is 18.0 Å². The average molecular weight is 418 g/mol. The van der Waals surface area contributed by atoms with Crippen LogP contribution in [0.1, 0.15) is 42.5 Å². The number of fused-ring (bicyclic) bond motifs is 1. The molecule has 1 heterocycles. The van der Waals surface area contributed by atoms with Crippen molar-refractivity contribution in [2.45, 2.75) is 37.9 Å². The molecule has 1 spiro atoms. The predicted molar refractivity (Wildman–Crippen MR) is 106 cm³/mol. The van der Waals surface area contributed by atoms with Crippen molar-refractivity contribution in [2.24, 2.45) is 0 Å². The molecule has 1 aliphatic carbocycles. The molecule has 0 atom stereocenters. The third kappa shape index (κ3) is 4.24. The fraction of sp³-hybridized carbons (Fsp3) is 0.333. The number of aromatic hydroxyl groups is 1. The van der Waals surface area contributed by atoms with Crippen LogP contribution in [0.25, 0.3) is 0 Å². The van der Waals surface area contributed by atoms with Gasteiger partial charge in [0, 0.05) is 29.6 Å². The van der Waals surface area contributed by atoms with Crippen molar-refractivity contribution >= 4 is 29.2 Å². The molecule has 2 aromatic carbocycles. The van der Waals surface area contributed by atoms with E-state index in [0.717, 1.165) is 25.7 Å². The summed E-state index contributed by atoms with van der Waals surface area (Å²) in [5, 5.41) is 12.7. The molecule has 0 aromatic heterocycles. The molecule has 0 unspecified atom stereocenters. The zero-order valence-electron chi connectivity index (χ0n) is 15.6. The summed E-state index contributed by atoms with van der Waals surface area (Å²) in [5.41, 5.74) is 0.443. The van der Waals surface area contributed by atoms with Gasteiger partial charge in [0.25, 0.3) is 11.7 Å². The summed E-state index contributed by atoms with van der Waals surface area (Å²) >= 11 is 5.73. The maximum absolute atomic E-state index is 12.1. The molecule has 7 nitrogen and oxygen atoms in total. The molecule has 2 aromatic rings. The highest BCUT2D eigenvalue weighted by Gasteiger charge is 2.42. The van der Waals surface area contributed by atoms with Crippen LogP contribution in [0.2, 0.25) is 5.02 Å². The second-order valence-corrected chi connectivity index (χ2v) is 7.56. The van der Waals surface area contributed by atoms with Gasteiger partial charge in [0.1, 0.15) is 11.3 Å². The molecule has 4 rings (SSSR count). The molecule has 0 radical (unpaired) electrons. The maximum atomic E-state index is 12.1. The molecule has 1 amide bonds. The number of halogens is 1. The van der Waals surface area contributed by atoms with Gasteiger partial charge in [0.05, 0.1) is 0 Å². The number of phenolic OH excluding ortho intramolecular Hbond substituents is 1. The first-order chi connectivity index (χ1) is 13.9. The molecule has 1 fully saturated rings. The summed E-state index contributed by atoms with van der Waals surface area (Å²) in [5.74, 6) is -0.978. The molecular weight excluding hydrogens is 398 g/mol. The van der Waals surface area contributed by atoms with Gasteiger partial charge in [0.15, 0.2) is 18.1 Å². The van der Waals surface area contributed by atoms with E-state index in [1.165, 1.54) is 24.6 Å². The molecule has 8 heteroatoms. The van der Waals surface area contributed by atoms with Gasteiger partial charge >= 0.3 is 5.97 Å². The van der Waals surface area contributed by atoms with E-state index in [1.54, 1.807) is 18.2 Å². The van der Waals surface area contributed by atoms with Crippen LogP contribution in [0.3, 0.4) is 0 Å². The molecular formula is C21H20ClNO6. The first-order valence-electron chi connectivity index (χ1n) is 9.42. The Kier molecular flexibility index (Phi) is 5.24. The van der Waals surface area contributed by atoms with Crippen molar-refractivity contribution in [3.8, 4) is 17.2 Å². The number of benzene rings is 2. The van der Waals surface area contributed by atoms with Gasteiger partial charge in [0.2, 0.25) is 0 Å². The highest BCUT2D eigenvalue weighted by molar-refractivity contribution is 6.30. The van der Waals surface area contributed by atoms with E-state index in [9.17, 15) is 14.7 Å². The van der Waals surface area contributed by atoms with E-state index in [0.29, 0.717) is 17.2 Å². The van der Waals surface area contributed by atoms with Gasteiger partial charge in [-0.3, -0.25) is 4.79 Å². The summed E-state index contributed by atoms with van der Waals surface area (Å²) in [6.45, 7) is -0.501. The van der Waals surface area contributed by atoms with Crippen LogP contribution in [0.4, 0.5) is 5.69 Å². The third-order valence-corrected chi connectivity index (χ3v) is 5.18. The van der Waals surface area contributed by atoms with Gasteiger partial charge < -0.3 is 24.6 Å². The number of rotatable bonds is 4. The van der Waals surface area contributed by atoms with E-state index < -0.39 is 24.3 Å². The number of carbonyl (C=O) groups is 2. The zero-order valence-corrected chi connectivity index (χ0v) is 16.3. The average Bonchev–Trinajstić information content (AvgIpc) is 3.03. The number of ether oxygens (including phenoxy) is 3. The lowest BCUT2D eigenvalue weighted by Gasteiger charge is -2.31. The molecule has 0 bridgehead atoms. The van der Waals surface area contributed by atoms with Gasteiger partial charge in [-0.05, 0) is 43.2 Å². The van der Waals surface area contributed by atoms with Crippen LogP contribution in [-0.4, -0.2) is 29.4 Å². The summed E-state index contributed by atoms with van der Waals surface area (Å²) < 4.78 is 17.0. The first kappa shape index (κ1) is 19.4. The molecule has 29 heavy (non-hydrogen) atoms. The largest absolute Gasteiger partial charge is 0.507 e. The van der Waals surface area contributed by atoms with Crippen molar-refractivity contribution in [2.75, 3.05) is 11.9 Å². The van der Waals surface area contributed by atoms with Crippen molar-refractivity contribution in [3.63, 3.8) is 0 Å². The topological polar surface area (TPSA) is 94.1 Å². The molecule has 2 aliphatic rings. The van der Waals surface area contributed by atoms with Gasteiger partial charge in [-0.15, -0.1) is 0 Å². The Bertz CT molecular complexity index is 954. The lowest BCUT2D eigenvalue weighted by atomic mass is 9.94. The molecule has 1 aliphatic heterocycles. The maximum Gasteiger partial charge on any atom is 0.342 e. The smallest absolute Gasteiger partial charge is 0.342 e. The Labute approximate surface area is 172 Å². The molecule has 1 saturated carbocycles. The fourth-order valence-corrected chi connectivity index (χ4v) is 3.72. The predicted octanol–water partition coefficient (Wildman–Crippen LogP) is 4.27. The third-order valence-electron chi connectivity index (χ3n) is 4.95. The summed E-state index contributed by atoms with van der Waals surface area (Å²) in [6, 6.07) is 9.16. The Balaban J connectivity index is 1.34. The monoisotopic (exact) mass is 417 g/mol. The number of hydrogen-bond acceptors (Lipinski definition) is 6. The highest BCUT2D eigenvalue weighted by Crippen LogP contribution is 2.46. The van der Waals surface area contributed by atoms with Crippen LogP contribution < -0.4 is 14.8 Å². The molecule has 2 N–H and O–H groups in total. The van der Waals surface area contributed by atoms with E-state index in [4.69, 9.17) is 25.8 Å². The van der Waals surface area contributed by atoms with Crippen molar-refractivity contribution in [1.29, 1.82) is 0 Å². The van der Waals surface area contributed by atoms with Crippen LogP contribution in [0, 0.1) is 0 Å². The van der Waals surface area contributed by atoms with Crippen molar-refractivity contribution in [3.05, 3.63) is 47.0 Å². The number of nitrogens with one attached hydrogen (secondary N) is 1. The van der Waals surface area contributed by atoms with E-state index in [2.05, 4.69) is 5.32 Å². The minimum absolute atomic E-state index is 0.0666. The second-order valence-electron chi connectivity index (χ2n) is 7.12. The SMILES string of the molecule is O=C(COC(=O)c1ccc(Cl)cc1O)Nc1ccc2c(c1)OC1(CCCCC1)O2. The van der Waals surface area contributed by atoms with Crippen LogP contribution in [0.5, 0.6) is 17.2 Å². The number of amides is 1. The summed E-state index contributed by atoms with van der Waals surface area (Å²) in [6.07, 6.45) is 4.99. The number of anilines is 1. The number of carbonyl (C=O) groups excluding carboxylic acids is 2. The number of hydrogen-bond donors (Lipinski definition) is 2. The standard InChI is InChI=1S/C21H20ClNO6/c22-13-4-6-15(16(24)10-13)20(26)27-12-19(25)23-14-5-7-17-18(11-14)29-21(28-17)8-2-1-3-9-21/h4-7,10-11,24H,1-3,8-9,12H2,(H,23,25). The number of esters is 1. The van der Waals surface area contributed by atoms with E-state index in [1.807, 2.05) is 0 Å². The quantitative estimate of drug-likeness (QED) is 0.721. The van der Waals surface area contributed by atoms with E-state index in [-0.39, 0.29) is 16.3 Å². The zero-order chi connectivity index (χ0) is 20.4.